The van der Waals surface area contributed by atoms with E-state index >= 15 is 0 Å². The first-order valence-corrected chi connectivity index (χ1v) is 11.8. The lowest BCUT2D eigenvalue weighted by Gasteiger charge is -2.04. The summed E-state index contributed by atoms with van der Waals surface area (Å²) in [5.74, 6) is -1.27. The van der Waals surface area contributed by atoms with Crippen LogP contribution in [0.5, 0.6) is 0 Å². The smallest absolute Gasteiger partial charge is 0.263 e. The summed E-state index contributed by atoms with van der Waals surface area (Å²) in [6, 6.07) is 12.7. The third-order valence-corrected chi connectivity index (χ3v) is 7.18. The molecule has 0 saturated carbocycles. The largest absolute Gasteiger partial charge is 0.316 e. The van der Waals surface area contributed by atoms with Crippen molar-refractivity contribution in [2.75, 3.05) is 5.75 Å². The molecule has 7 heteroatoms. The summed E-state index contributed by atoms with van der Waals surface area (Å²) in [5, 5.41) is 0. The molecule has 0 atom stereocenters. The van der Waals surface area contributed by atoms with Crippen molar-refractivity contribution in [3.05, 3.63) is 58.4 Å². The second-order valence-corrected chi connectivity index (χ2v) is 9.77. The number of carbonyl (C=O) groups excluding carboxylic acids is 1. The number of sulfone groups is 1. The van der Waals surface area contributed by atoms with Gasteiger partial charge < -0.3 is 4.57 Å². The summed E-state index contributed by atoms with van der Waals surface area (Å²) in [7, 11) is -3.71. The van der Waals surface area contributed by atoms with Crippen molar-refractivity contribution in [1.82, 2.24) is 4.57 Å². The molecule has 1 heterocycles. The fraction of sp³-hybridized carbons (Fsp3) is 0.333. The second-order valence-electron chi connectivity index (χ2n) is 6.77. The standard InChI is InChI=1S/C21H24N2O3S2/c1-4-12-23-18-11-8-16(5-2)13-19(18)27-21(23)22-20(24)14-28(25,26)17-9-6-15(3)7-10-17/h6-11,13H,4-5,12,14H2,1-3H3. The first kappa shape index (κ1) is 20.5. The minimum absolute atomic E-state index is 0.145. The van der Waals surface area contributed by atoms with E-state index in [9.17, 15) is 13.2 Å². The number of thiazole rings is 1. The van der Waals surface area contributed by atoms with Crippen LogP contribution < -0.4 is 4.80 Å². The molecule has 0 aliphatic heterocycles. The van der Waals surface area contributed by atoms with Crippen LogP contribution in [0.25, 0.3) is 10.2 Å². The Labute approximate surface area is 169 Å². The molecule has 0 aliphatic carbocycles. The van der Waals surface area contributed by atoms with Crippen molar-refractivity contribution in [2.24, 2.45) is 4.99 Å². The lowest BCUT2D eigenvalue weighted by atomic mass is 10.2. The Morgan fingerprint density at radius 1 is 1.11 bits per heavy atom. The van der Waals surface area contributed by atoms with E-state index in [0.717, 1.165) is 35.2 Å². The van der Waals surface area contributed by atoms with Crippen LogP contribution in [0.1, 0.15) is 31.4 Å². The van der Waals surface area contributed by atoms with Crippen molar-refractivity contribution in [1.29, 1.82) is 0 Å². The van der Waals surface area contributed by atoms with Crippen LogP contribution in [0.3, 0.4) is 0 Å². The molecule has 28 heavy (non-hydrogen) atoms. The number of fused-ring (bicyclic) bond motifs is 1. The zero-order valence-corrected chi connectivity index (χ0v) is 17.9. The summed E-state index contributed by atoms with van der Waals surface area (Å²) >= 11 is 1.43. The molecule has 5 nitrogen and oxygen atoms in total. The SMILES string of the molecule is CCCn1c(=NC(=O)CS(=O)(=O)c2ccc(C)cc2)sc2cc(CC)ccc21. The normalized spacial score (nSPS) is 12.6. The number of amides is 1. The van der Waals surface area contributed by atoms with Gasteiger partial charge in [-0.15, -0.1) is 0 Å². The van der Waals surface area contributed by atoms with Gasteiger partial charge in [0.05, 0.1) is 15.1 Å². The van der Waals surface area contributed by atoms with Gasteiger partial charge in [-0.1, -0.05) is 48.9 Å². The molecule has 148 valence electrons. The lowest BCUT2D eigenvalue weighted by Crippen LogP contribution is -2.21. The van der Waals surface area contributed by atoms with E-state index in [-0.39, 0.29) is 4.90 Å². The van der Waals surface area contributed by atoms with Crippen molar-refractivity contribution in [3.8, 4) is 0 Å². The van der Waals surface area contributed by atoms with Crippen LogP contribution in [0.2, 0.25) is 0 Å². The average molecular weight is 417 g/mol. The minimum Gasteiger partial charge on any atom is -0.316 e. The zero-order valence-electron chi connectivity index (χ0n) is 16.3. The molecule has 0 aliphatic rings. The van der Waals surface area contributed by atoms with Crippen molar-refractivity contribution < 1.29 is 13.2 Å². The molecule has 0 fully saturated rings. The number of rotatable bonds is 6. The molecular formula is C21H24N2O3S2. The fourth-order valence-electron chi connectivity index (χ4n) is 2.99. The summed E-state index contributed by atoms with van der Waals surface area (Å²) < 4.78 is 28.1. The highest BCUT2D eigenvalue weighted by Gasteiger charge is 2.19. The maximum atomic E-state index is 12.5. The predicted octanol–water partition coefficient (Wildman–Crippen LogP) is 3.88. The highest BCUT2D eigenvalue weighted by molar-refractivity contribution is 7.92. The first-order chi connectivity index (χ1) is 13.3. The number of aromatic nitrogens is 1. The van der Waals surface area contributed by atoms with E-state index < -0.39 is 21.5 Å². The van der Waals surface area contributed by atoms with Gasteiger partial charge in [-0.3, -0.25) is 4.79 Å². The number of hydrogen-bond donors (Lipinski definition) is 0. The second kappa shape index (κ2) is 8.41. The van der Waals surface area contributed by atoms with E-state index in [1.54, 1.807) is 12.1 Å². The van der Waals surface area contributed by atoms with Gasteiger partial charge in [0.2, 0.25) is 0 Å². The molecule has 0 N–H and O–H groups in total. The Balaban J connectivity index is 1.97. The summed E-state index contributed by atoms with van der Waals surface area (Å²) in [5.41, 5.74) is 3.21. The van der Waals surface area contributed by atoms with Crippen LogP contribution in [0, 0.1) is 6.92 Å². The van der Waals surface area contributed by atoms with Gasteiger partial charge in [0.1, 0.15) is 5.75 Å². The molecule has 0 spiro atoms. The molecule has 1 aromatic heterocycles. The Kier molecular flexibility index (Phi) is 6.15. The van der Waals surface area contributed by atoms with Gasteiger partial charge in [0.25, 0.3) is 5.91 Å². The number of benzene rings is 2. The molecule has 0 radical (unpaired) electrons. The number of aryl methyl sites for hydroxylation is 3. The van der Waals surface area contributed by atoms with E-state index in [2.05, 4.69) is 31.0 Å². The highest BCUT2D eigenvalue weighted by atomic mass is 32.2. The zero-order chi connectivity index (χ0) is 20.3. The molecule has 1 amide bonds. The molecule has 3 aromatic rings. The Morgan fingerprint density at radius 3 is 2.46 bits per heavy atom. The maximum absolute atomic E-state index is 12.5. The van der Waals surface area contributed by atoms with Crippen molar-refractivity contribution in [2.45, 2.75) is 45.1 Å². The molecule has 0 unspecified atom stereocenters. The van der Waals surface area contributed by atoms with E-state index in [1.807, 2.05) is 17.6 Å². The third-order valence-electron chi connectivity index (χ3n) is 4.52. The first-order valence-electron chi connectivity index (χ1n) is 9.33. The third kappa shape index (κ3) is 4.42. The van der Waals surface area contributed by atoms with E-state index in [4.69, 9.17) is 0 Å². The van der Waals surface area contributed by atoms with Gasteiger partial charge in [-0.25, -0.2) is 8.42 Å². The highest BCUT2D eigenvalue weighted by Crippen LogP contribution is 2.20. The molecular weight excluding hydrogens is 392 g/mol. The topological polar surface area (TPSA) is 68.5 Å². The van der Waals surface area contributed by atoms with E-state index in [1.165, 1.54) is 29.0 Å². The van der Waals surface area contributed by atoms with Crippen LogP contribution in [0.4, 0.5) is 0 Å². The Hall–Kier alpha value is -2.25. The summed E-state index contributed by atoms with van der Waals surface area (Å²) in [4.78, 5) is 17.3. The van der Waals surface area contributed by atoms with Crippen LogP contribution in [-0.4, -0.2) is 24.6 Å². The quantitative estimate of drug-likeness (QED) is 0.612. The van der Waals surface area contributed by atoms with Crippen molar-refractivity contribution >= 4 is 37.3 Å². The summed E-state index contributed by atoms with van der Waals surface area (Å²) in [6.07, 6.45) is 1.83. The van der Waals surface area contributed by atoms with E-state index in [0.29, 0.717) is 4.80 Å². The van der Waals surface area contributed by atoms with Crippen LogP contribution in [0.15, 0.2) is 52.4 Å². The molecule has 2 aromatic carbocycles. The Bertz CT molecular complexity index is 1170. The van der Waals surface area contributed by atoms with Gasteiger partial charge in [-0.2, -0.15) is 4.99 Å². The van der Waals surface area contributed by atoms with Gasteiger partial charge in [0, 0.05) is 6.54 Å². The molecule has 0 saturated heterocycles. The lowest BCUT2D eigenvalue weighted by molar-refractivity contribution is -0.115. The van der Waals surface area contributed by atoms with Crippen LogP contribution in [-0.2, 0) is 27.6 Å². The van der Waals surface area contributed by atoms with Gasteiger partial charge in [-0.05, 0) is 49.6 Å². The van der Waals surface area contributed by atoms with Gasteiger partial charge >= 0.3 is 0 Å². The van der Waals surface area contributed by atoms with Crippen molar-refractivity contribution in [3.63, 3.8) is 0 Å². The van der Waals surface area contributed by atoms with Gasteiger partial charge in [0.15, 0.2) is 14.6 Å². The maximum Gasteiger partial charge on any atom is 0.263 e. The number of hydrogen-bond acceptors (Lipinski definition) is 4. The molecule has 0 bridgehead atoms. The monoisotopic (exact) mass is 416 g/mol. The van der Waals surface area contributed by atoms with Crippen LogP contribution >= 0.6 is 11.3 Å². The fourth-order valence-corrected chi connectivity index (χ4v) is 5.24. The number of nitrogens with zero attached hydrogens (tertiary/aromatic N) is 2. The predicted molar refractivity (Wildman–Crippen MR) is 113 cm³/mol. The summed E-state index contributed by atoms with van der Waals surface area (Å²) in [6.45, 7) is 6.76. The molecule has 3 rings (SSSR count). The number of carbonyl (C=O) groups is 1. The minimum atomic E-state index is -3.71. The Morgan fingerprint density at radius 2 is 1.82 bits per heavy atom. The average Bonchev–Trinajstić information content (AvgIpc) is 2.98.